The first kappa shape index (κ1) is 15.6. The second-order valence-electron chi connectivity index (χ2n) is 5.79. The summed E-state index contributed by atoms with van der Waals surface area (Å²) in [6.45, 7) is 1.88. The number of amides is 1. The number of tetrazole rings is 1. The lowest BCUT2D eigenvalue weighted by molar-refractivity contribution is -0.133. The van der Waals surface area contributed by atoms with Gasteiger partial charge in [0.05, 0.1) is 12.6 Å². The quantitative estimate of drug-likeness (QED) is 0.893. The first-order valence-electron chi connectivity index (χ1n) is 8.01. The number of carbonyl (C=O) groups is 1. The van der Waals surface area contributed by atoms with E-state index >= 15 is 0 Å². The lowest BCUT2D eigenvalue weighted by Crippen LogP contribution is -2.40. The van der Waals surface area contributed by atoms with Crippen molar-refractivity contribution >= 4 is 5.91 Å². The van der Waals surface area contributed by atoms with Crippen LogP contribution in [-0.4, -0.2) is 55.3 Å². The number of carbonyl (C=O) groups excluding carboxylic acids is 1. The van der Waals surface area contributed by atoms with Crippen molar-refractivity contribution < 1.29 is 9.90 Å². The predicted molar refractivity (Wildman–Crippen MR) is 84.3 cm³/mol. The van der Waals surface area contributed by atoms with Crippen molar-refractivity contribution in [1.29, 1.82) is 0 Å². The van der Waals surface area contributed by atoms with Gasteiger partial charge in [-0.2, -0.15) is 4.80 Å². The molecule has 0 atom stereocenters. The number of aliphatic hydroxyl groups is 1. The molecule has 1 amide bonds. The van der Waals surface area contributed by atoms with E-state index in [1.54, 1.807) is 0 Å². The van der Waals surface area contributed by atoms with E-state index < -0.39 is 0 Å². The van der Waals surface area contributed by atoms with E-state index in [1.807, 2.05) is 35.2 Å². The molecule has 122 valence electrons. The molecule has 3 rings (SSSR count). The number of benzene rings is 1. The third-order valence-corrected chi connectivity index (χ3v) is 4.05. The minimum atomic E-state index is -0.255. The molecule has 0 bridgehead atoms. The molecule has 2 heterocycles. The van der Waals surface area contributed by atoms with Crippen LogP contribution in [0, 0.1) is 0 Å². The monoisotopic (exact) mass is 315 g/mol. The topological polar surface area (TPSA) is 84.1 Å². The number of rotatable bonds is 5. The van der Waals surface area contributed by atoms with Gasteiger partial charge in [0.25, 0.3) is 0 Å². The summed E-state index contributed by atoms with van der Waals surface area (Å²) in [6.07, 6.45) is 2.25. The lowest BCUT2D eigenvalue weighted by atomic mass is 10.1. The van der Waals surface area contributed by atoms with Crippen molar-refractivity contribution in [3.63, 3.8) is 0 Å². The van der Waals surface area contributed by atoms with Crippen LogP contribution in [0.5, 0.6) is 0 Å². The molecule has 7 nitrogen and oxygen atoms in total. The van der Waals surface area contributed by atoms with Gasteiger partial charge in [0, 0.05) is 25.1 Å². The molecule has 0 saturated carbocycles. The highest BCUT2D eigenvalue weighted by molar-refractivity contribution is 5.76. The number of aryl methyl sites for hydroxylation is 1. The molecular formula is C16H21N5O2. The molecule has 0 unspecified atom stereocenters. The minimum Gasteiger partial charge on any atom is -0.393 e. The SMILES string of the molecule is O=C(CCCn1nnc(-c2ccccc2)n1)N1CCC(O)CC1. The second-order valence-corrected chi connectivity index (χ2v) is 5.79. The lowest BCUT2D eigenvalue weighted by Gasteiger charge is -2.29. The predicted octanol–water partition coefficient (Wildman–Crippen LogP) is 1.10. The Balaban J connectivity index is 1.46. The highest BCUT2D eigenvalue weighted by Crippen LogP contribution is 2.13. The van der Waals surface area contributed by atoms with Crippen LogP contribution in [-0.2, 0) is 11.3 Å². The fraction of sp³-hybridized carbons (Fsp3) is 0.500. The van der Waals surface area contributed by atoms with E-state index in [4.69, 9.17) is 0 Å². The van der Waals surface area contributed by atoms with Gasteiger partial charge in [0.15, 0.2) is 0 Å². The second kappa shape index (κ2) is 7.32. The average Bonchev–Trinajstić information content (AvgIpc) is 3.05. The van der Waals surface area contributed by atoms with E-state index in [-0.39, 0.29) is 12.0 Å². The zero-order chi connectivity index (χ0) is 16.1. The molecule has 1 aliphatic heterocycles. The fourth-order valence-corrected chi connectivity index (χ4v) is 2.69. The minimum absolute atomic E-state index is 0.139. The normalized spacial score (nSPS) is 15.8. The number of piperidine rings is 1. The van der Waals surface area contributed by atoms with Gasteiger partial charge in [0.1, 0.15) is 0 Å². The third kappa shape index (κ3) is 4.13. The van der Waals surface area contributed by atoms with Crippen LogP contribution in [0.4, 0.5) is 0 Å². The van der Waals surface area contributed by atoms with Crippen molar-refractivity contribution in [2.45, 2.75) is 38.3 Å². The molecule has 1 aromatic heterocycles. The maximum Gasteiger partial charge on any atom is 0.222 e. The summed E-state index contributed by atoms with van der Waals surface area (Å²) < 4.78 is 0. The summed E-state index contributed by atoms with van der Waals surface area (Å²) in [5.74, 6) is 0.738. The molecular weight excluding hydrogens is 294 g/mol. The average molecular weight is 315 g/mol. The fourth-order valence-electron chi connectivity index (χ4n) is 2.69. The van der Waals surface area contributed by atoms with E-state index in [9.17, 15) is 9.90 Å². The van der Waals surface area contributed by atoms with Crippen LogP contribution in [0.25, 0.3) is 11.4 Å². The maximum absolute atomic E-state index is 12.1. The van der Waals surface area contributed by atoms with Gasteiger partial charge >= 0.3 is 0 Å². The molecule has 1 aliphatic rings. The Morgan fingerprint density at radius 1 is 1.22 bits per heavy atom. The molecule has 23 heavy (non-hydrogen) atoms. The highest BCUT2D eigenvalue weighted by Gasteiger charge is 2.20. The first-order chi connectivity index (χ1) is 11.2. The Morgan fingerprint density at radius 2 is 1.96 bits per heavy atom. The summed E-state index contributed by atoms with van der Waals surface area (Å²) in [6, 6.07) is 9.69. The van der Waals surface area contributed by atoms with Crippen LogP contribution in [0.15, 0.2) is 30.3 Å². The van der Waals surface area contributed by atoms with Crippen LogP contribution < -0.4 is 0 Å². The van der Waals surface area contributed by atoms with E-state index in [2.05, 4.69) is 15.4 Å². The molecule has 1 fully saturated rings. The molecule has 7 heteroatoms. The van der Waals surface area contributed by atoms with Crippen molar-refractivity contribution in [3.8, 4) is 11.4 Å². The van der Waals surface area contributed by atoms with Crippen molar-refractivity contribution in [3.05, 3.63) is 30.3 Å². The molecule has 2 aromatic rings. The number of aliphatic hydroxyl groups excluding tert-OH is 1. The van der Waals surface area contributed by atoms with Gasteiger partial charge in [-0.1, -0.05) is 30.3 Å². The molecule has 0 aliphatic carbocycles. The van der Waals surface area contributed by atoms with Crippen molar-refractivity contribution in [1.82, 2.24) is 25.1 Å². The number of likely N-dealkylation sites (tertiary alicyclic amines) is 1. The Labute approximate surface area is 134 Å². The van der Waals surface area contributed by atoms with Crippen molar-refractivity contribution in [2.24, 2.45) is 0 Å². The Hall–Kier alpha value is -2.28. The third-order valence-electron chi connectivity index (χ3n) is 4.05. The zero-order valence-electron chi connectivity index (χ0n) is 13.0. The summed E-state index contributed by atoms with van der Waals surface area (Å²) in [5.41, 5.74) is 0.932. The van der Waals surface area contributed by atoms with Gasteiger partial charge in [-0.25, -0.2) is 0 Å². The molecule has 1 N–H and O–H groups in total. The zero-order valence-corrected chi connectivity index (χ0v) is 13.0. The van der Waals surface area contributed by atoms with Crippen molar-refractivity contribution in [2.75, 3.05) is 13.1 Å². The molecule has 1 saturated heterocycles. The van der Waals surface area contributed by atoms with Gasteiger partial charge < -0.3 is 10.0 Å². The van der Waals surface area contributed by atoms with E-state index in [0.717, 1.165) is 5.56 Å². The molecule has 0 radical (unpaired) electrons. The Kier molecular flexibility index (Phi) is 4.97. The van der Waals surface area contributed by atoms with E-state index in [1.165, 1.54) is 4.80 Å². The molecule has 1 aromatic carbocycles. The van der Waals surface area contributed by atoms with Crippen LogP contribution in [0.2, 0.25) is 0 Å². The number of hydrogen-bond donors (Lipinski definition) is 1. The van der Waals surface area contributed by atoms with Crippen LogP contribution >= 0.6 is 0 Å². The number of hydrogen-bond acceptors (Lipinski definition) is 5. The molecule has 0 spiro atoms. The highest BCUT2D eigenvalue weighted by atomic mass is 16.3. The summed E-state index contributed by atoms with van der Waals surface area (Å²) in [7, 11) is 0. The Morgan fingerprint density at radius 3 is 2.70 bits per heavy atom. The summed E-state index contributed by atoms with van der Waals surface area (Å²) in [5, 5.41) is 21.9. The summed E-state index contributed by atoms with van der Waals surface area (Å²) >= 11 is 0. The van der Waals surface area contributed by atoms with Gasteiger partial charge in [-0.3, -0.25) is 4.79 Å². The largest absolute Gasteiger partial charge is 0.393 e. The smallest absolute Gasteiger partial charge is 0.222 e. The maximum atomic E-state index is 12.1. The number of aromatic nitrogens is 4. The number of nitrogens with zero attached hydrogens (tertiary/aromatic N) is 5. The van der Waals surface area contributed by atoms with E-state index in [0.29, 0.717) is 51.1 Å². The van der Waals surface area contributed by atoms with Crippen LogP contribution in [0.3, 0.4) is 0 Å². The van der Waals surface area contributed by atoms with Gasteiger partial charge in [-0.15, -0.1) is 10.2 Å². The van der Waals surface area contributed by atoms with Gasteiger partial charge in [-0.05, 0) is 24.5 Å². The van der Waals surface area contributed by atoms with Crippen LogP contribution in [0.1, 0.15) is 25.7 Å². The Bertz CT molecular complexity index is 635. The van der Waals surface area contributed by atoms with Gasteiger partial charge in [0.2, 0.25) is 11.7 Å². The summed E-state index contributed by atoms with van der Waals surface area (Å²) in [4.78, 5) is 15.5. The standard InChI is InChI=1S/C16H21N5O2/c22-14-8-11-20(12-9-14)15(23)7-4-10-21-18-16(17-19-21)13-5-2-1-3-6-13/h1-3,5-6,14,22H,4,7-12H2. The first-order valence-corrected chi connectivity index (χ1v) is 8.01.